The van der Waals surface area contributed by atoms with Gasteiger partial charge in [0.1, 0.15) is 18.3 Å². The molecule has 3 unspecified atom stereocenters. The molecule has 0 aromatic rings. The molecule has 27 heavy (non-hydrogen) atoms. The standard InChI is InChI=1S/C9H16O4.C7H14O3.C2H6.2CH4/c1(2-10-4-8-6-12-8)3-11-5-9-7-13-9;1-2-8-3-4-9-5-7-6-10-7;1-2;;/h8-9H,1-7H2;7H,2-6H2,1H3;1-2H3;2*1H4. The second-order valence-electron chi connectivity index (χ2n) is 5.64. The van der Waals surface area contributed by atoms with Gasteiger partial charge in [0.2, 0.25) is 0 Å². The lowest BCUT2D eigenvalue weighted by Gasteiger charge is -2.02. The van der Waals surface area contributed by atoms with Crippen LogP contribution in [0.2, 0.25) is 0 Å². The predicted octanol–water partition coefficient (Wildman–Crippen LogP) is 2.94. The molecule has 166 valence electrons. The summed E-state index contributed by atoms with van der Waals surface area (Å²) >= 11 is 0. The molecule has 0 aromatic heterocycles. The first-order valence-corrected chi connectivity index (χ1v) is 9.54. The van der Waals surface area contributed by atoms with Crippen LogP contribution in [0.4, 0.5) is 0 Å². The van der Waals surface area contributed by atoms with Crippen LogP contribution in [0.25, 0.3) is 0 Å². The van der Waals surface area contributed by atoms with Crippen molar-refractivity contribution in [3.05, 3.63) is 0 Å². The van der Waals surface area contributed by atoms with Crippen molar-refractivity contribution < 1.29 is 33.2 Å². The van der Waals surface area contributed by atoms with Crippen molar-refractivity contribution in [3.8, 4) is 0 Å². The van der Waals surface area contributed by atoms with Gasteiger partial charge in [-0.3, -0.25) is 0 Å². The maximum atomic E-state index is 5.34. The number of rotatable bonds is 14. The molecule has 0 bridgehead atoms. The van der Waals surface area contributed by atoms with E-state index in [0.717, 1.165) is 65.9 Å². The largest absolute Gasteiger partial charge is 0.379 e. The number of hydrogen-bond donors (Lipinski definition) is 0. The second-order valence-corrected chi connectivity index (χ2v) is 5.64. The lowest BCUT2D eigenvalue weighted by Crippen LogP contribution is -2.07. The molecule has 0 radical (unpaired) electrons. The summed E-state index contributed by atoms with van der Waals surface area (Å²) in [4.78, 5) is 0. The van der Waals surface area contributed by atoms with Gasteiger partial charge in [0, 0.05) is 19.8 Å². The van der Waals surface area contributed by atoms with Crippen LogP contribution < -0.4 is 0 Å². The lowest BCUT2D eigenvalue weighted by molar-refractivity contribution is 0.0464. The fourth-order valence-electron chi connectivity index (χ4n) is 1.66. The highest BCUT2D eigenvalue weighted by Crippen LogP contribution is 2.10. The van der Waals surface area contributed by atoms with E-state index in [-0.39, 0.29) is 14.9 Å². The van der Waals surface area contributed by atoms with E-state index in [9.17, 15) is 0 Å². The molecule has 0 amide bonds. The molecule has 3 heterocycles. The molecule has 3 atom stereocenters. The van der Waals surface area contributed by atoms with E-state index in [0.29, 0.717) is 31.5 Å². The molecule has 3 saturated heterocycles. The zero-order valence-corrected chi connectivity index (χ0v) is 16.1. The van der Waals surface area contributed by atoms with Crippen molar-refractivity contribution in [2.75, 3.05) is 72.7 Å². The van der Waals surface area contributed by atoms with Crippen LogP contribution in [0.1, 0.15) is 42.0 Å². The zero-order chi connectivity index (χ0) is 18.2. The summed E-state index contributed by atoms with van der Waals surface area (Å²) in [6, 6.07) is 0. The summed E-state index contributed by atoms with van der Waals surface area (Å²) in [5.41, 5.74) is 0. The number of ether oxygens (including phenoxy) is 7. The molecule has 7 nitrogen and oxygen atoms in total. The van der Waals surface area contributed by atoms with Crippen molar-refractivity contribution >= 4 is 0 Å². The highest BCUT2D eigenvalue weighted by atomic mass is 16.6. The third kappa shape index (κ3) is 21.9. The minimum Gasteiger partial charge on any atom is -0.379 e. The van der Waals surface area contributed by atoms with E-state index in [1.807, 2.05) is 20.8 Å². The fraction of sp³-hybridized carbons (Fsp3) is 1.00. The Balaban J connectivity index is 0. The molecule has 3 rings (SSSR count). The van der Waals surface area contributed by atoms with E-state index in [2.05, 4.69) is 0 Å². The van der Waals surface area contributed by atoms with Crippen molar-refractivity contribution in [2.45, 2.75) is 60.4 Å². The SMILES string of the molecule is C.C.C(COCC1CO1)COCC1CO1.CC.CCOCCOCC1CO1. The van der Waals surface area contributed by atoms with Crippen LogP contribution in [0, 0.1) is 0 Å². The Morgan fingerprint density at radius 1 is 0.630 bits per heavy atom. The molecular weight excluding hydrogens is 352 g/mol. The Bertz CT molecular complexity index is 264. The van der Waals surface area contributed by atoms with Gasteiger partial charge < -0.3 is 33.2 Å². The predicted molar refractivity (Wildman–Crippen MR) is 108 cm³/mol. The van der Waals surface area contributed by atoms with E-state index in [4.69, 9.17) is 33.2 Å². The average Bonchev–Trinajstić information content (AvgIpc) is 3.50. The summed E-state index contributed by atoms with van der Waals surface area (Å²) in [7, 11) is 0. The Morgan fingerprint density at radius 2 is 0.963 bits per heavy atom. The average molecular weight is 397 g/mol. The quantitative estimate of drug-likeness (QED) is 0.330. The van der Waals surface area contributed by atoms with E-state index >= 15 is 0 Å². The third-order valence-electron chi connectivity index (χ3n) is 3.27. The molecule has 3 aliphatic heterocycles. The lowest BCUT2D eigenvalue weighted by atomic mass is 10.4. The van der Waals surface area contributed by atoms with Gasteiger partial charge in [-0.25, -0.2) is 0 Å². The van der Waals surface area contributed by atoms with Gasteiger partial charge in [-0.2, -0.15) is 0 Å². The normalized spacial score (nSPS) is 23.4. The number of epoxide rings is 3. The molecule has 7 heteroatoms. The van der Waals surface area contributed by atoms with Gasteiger partial charge >= 0.3 is 0 Å². The topological polar surface area (TPSA) is 74.5 Å². The Kier molecular flexibility index (Phi) is 21.9. The fourth-order valence-corrected chi connectivity index (χ4v) is 1.66. The maximum Gasteiger partial charge on any atom is 0.104 e. The van der Waals surface area contributed by atoms with Crippen molar-refractivity contribution in [1.29, 1.82) is 0 Å². The molecular formula is C20H44O7. The van der Waals surface area contributed by atoms with Crippen LogP contribution in [0.3, 0.4) is 0 Å². The summed E-state index contributed by atoms with van der Waals surface area (Å²) in [6.07, 6.45) is 2.09. The second kappa shape index (κ2) is 20.5. The zero-order valence-electron chi connectivity index (χ0n) is 16.1. The first-order valence-electron chi connectivity index (χ1n) is 9.54. The molecule has 0 aliphatic carbocycles. The highest BCUT2D eigenvalue weighted by Gasteiger charge is 2.23. The highest BCUT2D eigenvalue weighted by molar-refractivity contribution is 4.68. The van der Waals surface area contributed by atoms with Crippen LogP contribution in [0.5, 0.6) is 0 Å². The maximum absolute atomic E-state index is 5.34. The minimum atomic E-state index is 0. The van der Waals surface area contributed by atoms with Gasteiger partial charge in [-0.15, -0.1) is 0 Å². The summed E-state index contributed by atoms with van der Waals surface area (Å²) in [6.45, 7) is 14.5. The van der Waals surface area contributed by atoms with Crippen molar-refractivity contribution in [1.82, 2.24) is 0 Å². The van der Waals surface area contributed by atoms with Crippen LogP contribution in [-0.4, -0.2) is 91.0 Å². The summed E-state index contributed by atoms with van der Waals surface area (Å²) in [5.74, 6) is 0. The number of hydrogen-bond acceptors (Lipinski definition) is 7. The van der Waals surface area contributed by atoms with Crippen LogP contribution >= 0.6 is 0 Å². The molecule has 0 saturated carbocycles. The third-order valence-corrected chi connectivity index (χ3v) is 3.27. The van der Waals surface area contributed by atoms with Crippen molar-refractivity contribution in [3.63, 3.8) is 0 Å². The monoisotopic (exact) mass is 396 g/mol. The van der Waals surface area contributed by atoms with Gasteiger partial charge in [-0.1, -0.05) is 28.7 Å². The first kappa shape index (κ1) is 28.9. The smallest absolute Gasteiger partial charge is 0.104 e. The van der Waals surface area contributed by atoms with E-state index in [1.54, 1.807) is 0 Å². The van der Waals surface area contributed by atoms with E-state index < -0.39 is 0 Å². The summed E-state index contributed by atoms with van der Waals surface area (Å²) < 4.78 is 35.9. The summed E-state index contributed by atoms with van der Waals surface area (Å²) in [5, 5.41) is 0. The van der Waals surface area contributed by atoms with Crippen LogP contribution in [-0.2, 0) is 33.2 Å². The van der Waals surface area contributed by atoms with E-state index in [1.165, 1.54) is 0 Å². The molecule has 0 N–H and O–H groups in total. The minimum absolute atomic E-state index is 0. The molecule has 0 spiro atoms. The van der Waals surface area contributed by atoms with Gasteiger partial charge in [0.05, 0.1) is 52.9 Å². The molecule has 0 aromatic carbocycles. The van der Waals surface area contributed by atoms with Crippen molar-refractivity contribution in [2.24, 2.45) is 0 Å². The van der Waals surface area contributed by atoms with Gasteiger partial charge in [0.15, 0.2) is 0 Å². The van der Waals surface area contributed by atoms with Crippen LogP contribution in [0.15, 0.2) is 0 Å². The van der Waals surface area contributed by atoms with Gasteiger partial charge in [-0.05, 0) is 13.3 Å². The molecule has 3 fully saturated rings. The Hall–Kier alpha value is -0.280. The Morgan fingerprint density at radius 3 is 1.30 bits per heavy atom. The van der Waals surface area contributed by atoms with Gasteiger partial charge in [0.25, 0.3) is 0 Å². The molecule has 3 aliphatic rings. The first-order chi connectivity index (χ1) is 12.4. The Labute approximate surface area is 166 Å².